The average Bonchev–Trinajstić information content (AvgIpc) is 3.62. The van der Waals surface area contributed by atoms with Crippen LogP contribution in [0.3, 0.4) is 0 Å². The maximum absolute atomic E-state index is 4.97. The quantitative estimate of drug-likeness (QED) is 0.226. The number of fused-ring (bicyclic) bond motifs is 6. The number of hydrogen-bond donors (Lipinski definition) is 1. The van der Waals surface area contributed by atoms with Gasteiger partial charge in [0, 0.05) is 60.4 Å². The van der Waals surface area contributed by atoms with Crippen LogP contribution in [0.2, 0.25) is 0 Å². The molecule has 0 amide bonds. The number of aliphatic imine (C=N–C) groups is 1. The fraction of sp³-hybridized carbons (Fsp3) is 0.0270. The maximum atomic E-state index is 4.97. The first kappa shape index (κ1) is 24.9. The second-order valence-electron chi connectivity index (χ2n) is 10.8. The molecule has 0 atom stereocenters. The Morgan fingerprint density at radius 2 is 1.18 bits per heavy atom. The SMILES string of the molecule is C1=C(c2nc(-c3ccccc3)nc(-c3ccccc3)n2)CNC(n2c3ccccc3c3cc4c(cc32)sc2ccccc24)=N1. The number of rotatable bonds is 3. The molecule has 44 heavy (non-hydrogen) atoms. The van der Waals surface area contributed by atoms with Crippen molar-refractivity contribution in [3.05, 3.63) is 133 Å². The summed E-state index contributed by atoms with van der Waals surface area (Å²) in [5.41, 5.74) is 5.04. The molecule has 9 rings (SSSR count). The largest absolute Gasteiger partial charge is 0.351 e. The third kappa shape index (κ3) is 4.01. The van der Waals surface area contributed by atoms with Gasteiger partial charge in [0.15, 0.2) is 17.5 Å². The van der Waals surface area contributed by atoms with Crippen LogP contribution >= 0.6 is 11.3 Å². The zero-order valence-electron chi connectivity index (χ0n) is 23.5. The van der Waals surface area contributed by atoms with Crippen LogP contribution in [0.1, 0.15) is 5.82 Å². The van der Waals surface area contributed by atoms with E-state index in [4.69, 9.17) is 19.9 Å². The second kappa shape index (κ2) is 9.97. The maximum Gasteiger partial charge on any atom is 0.208 e. The molecule has 0 radical (unpaired) electrons. The van der Waals surface area contributed by atoms with E-state index in [0.29, 0.717) is 24.0 Å². The predicted octanol–water partition coefficient (Wildman–Crippen LogP) is 8.53. The van der Waals surface area contributed by atoms with Gasteiger partial charge in [-0.2, -0.15) is 0 Å². The zero-order valence-corrected chi connectivity index (χ0v) is 24.3. The van der Waals surface area contributed by atoms with E-state index >= 15 is 0 Å². The lowest BCUT2D eigenvalue weighted by Gasteiger charge is -2.18. The lowest BCUT2D eigenvalue weighted by atomic mass is 10.1. The van der Waals surface area contributed by atoms with E-state index in [2.05, 4.69) is 70.5 Å². The van der Waals surface area contributed by atoms with Crippen molar-refractivity contribution < 1.29 is 0 Å². The first-order valence-corrected chi connectivity index (χ1v) is 15.3. The first-order chi connectivity index (χ1) is 21.8. The minimum Gasteiger partial charge on any atom is -0.351 e. The van der Waals surface area contributed by atoms with E-state index in [1.54, 1.807) is 0 Å². The number of benzene rings is 5. The Bertz CT molecular complexity index is 2380. The zero-order chi connectivity index (χ0) is 29.0. The van der Waals surface area contributed by atoms with Crippen molar-refractivity contribution in [1.82, 2.24) is 24.8 Å². The Kier molecular flexibility index (Phi) is 5.64. The summed E-state index contributed by atoms with van der Waals surface area (Å²) in [5, 5.41) is 8.61. The number of nitrogens with one attached hydrogen (secondary N) is 1. The van der Waals surface area contributed by atoms with Gasteiger partial charge in [0.1, 0.15) is 0 Å². The molecule has 3 aromatic heterocycles. The second-order valence-corrected chi connectivity index (χ2v) is 11.9. The Hall–Kier alpha value is -5.66. The standard InChI is InChI=1S/C37H24N6S/c1-3-11-23(12-4-1)34-40-35(24-13-5-2-6-14-24)42-36(41-34)25-21-38-37(39-22-25)43-30-17-9-7-15-26(30)28-19-29-27-16-8-10-18-32(27)44-33(29)20-31(28)43/h1-21H,22H2,(H,38,39). The van der Waals surface area contributed by atoms with E-state index in [9.17, 15) is 0 Å². The number of nitrogens with zero attached hydrogens (tertiary/aromatic N) is 5. The van der Waals surface area contributed by atoms with E-state index < -0.39 is 0 Å². The highest BCUT2D eigenvalue weighted by Gasteiger charge is 2.21. The third-order valence-corrected chi connectivity index (χ3v) is 9.28. The van der Waals surface area contributed by atoms with Crippen molar-refractivity contribution in [3.63, 3.8) is 0 Å². The molecule has 0 unspecified atom stereocenters. The van der Waals surface area contributed by atoms with Crippen LogP contribution in [-0.4, -0.2) is 32.0 Å². The normalized spacial score (nSPS) is 13.4. The van der Waals surface area contributed by atoms with Gasteiger partial charge in [-0.15, -0.1) is 11.3 Å². The summed E-state index contributed by atoms with van der Waals surface area (Å²) in [4.78, 5) is 19.6. The van der Waals surface area contributed by atoms with E-state index in [1.807, 2.05) is 78.2 Å². The summed E-state index contributed by atoms with van der Waals surface area (Å²) in [5.74, 6) is 2.67. The van der Waals surface area contributed by atoms with Crippen LogP contribution in [0.25, 0.3) is 70.3 Å². The summed E-state index contributed by atoms with van der Waals surface area (Å²) in [6.07, 6.45) is 1.89. The number of aromatic nitrogens is 4. The molecular weight excluding hydrogens is 561 g/mol. The molecule has 6 nitrogen and oxygen atoms in total. The van der Waals surface area contributed by atoms with Crippen molar-refractivity contribution in [2.75, 3.05) is 6.54 Å². The van der Waals surface area contributed by atoms with Gasteiger partial charge in [-0.3, -0.25) is 4.57 Å². The number of thiophene rings is 1. The molecule has 208 valence electrons. The average molecular weight is 585 g/mol. The van der Waals surface area contributed by atoms with Gasteiger partial charge in [0.2, 0.25) is 5.96 Å². The van der Waals surface area contributed by atoms with E-state index in [0.717, 1.165) is 33.7 Å². The van der Waals surface area contributed by atoms with Crippen LogP contribution in [0, 0.1) is 0 Å². The fourth-order valence-corrected chi connectivity index (χ4v) is 7.17. The lowest BCUT2D eigenvalue weighted by molar-refractivity contribution is 0.938. The fourth-order valence-electron chi connectivity index (χ4n) is 6.05. The highest BCUT2D eigenvalue weighted by molar-refractivity contribution is 7.25. The monoisotopic (exact) mass is 584 g/mol. The van der Waals surface area contributed by atoms with Gasteiger partial charge in [-0.25, -0.2) is 19.9 Å². The molecule has 0 saturated carbocycles. The van der Waals surface area contributed by atoms with Crippen LogP contribution < -0.4 is 5.32 Å². The Morgan fingerprint density at radius 3 is 1.89 bits per heavy atom. The van der Waals surface area contributed by atoms with Crippen molar-refractivity contribution in [3.8, 4) is 22.8 Å². The lowest BCUT2D eigenvalue weighted by Crippen LogP contribution is -2.33. The van der Waals surface area contributed by atoms with Gasteiger partial charge in [-0.05, 0) is 24.3 Å². The molecule has 5 aromatic carbocycles. The topological polar surface area (TPSA) is 68.0 Å². The third-order valence-electron chi connectivity index (χ3n) is 8.15. The van der Waals surface area contributed by atoms with Gasteiger partial charge >= 0.3 is 0 Å². The van der Waals surface area contributed by atoms with Crippen molar-refractivity contribution in [2.24, 2.45) is 4.99 Å². The summed E-state index contributed by atoms with van der Waals surface area (Å²) in [7, 11) is 0. The predicted molar refractivity (Wildman–Crippen MR) is 182 cm³/mol. The molecule has 4 heterocycles. The molecule has 1 aliphatic heterocycles. The Morgan fingerprint density at radius 1 is 0.545 bits per heavy atom. The number of para-hydroxylation sites is 1. The van der Waals surface area contributed by atoms with Crippen molar-refractivity contribution >= 4 is 64.8 Å². The van der Waals surface area contributed by atoms with Crippen molar-refractivity contribution in [1.29, 1.82) is 0 Å². The minimum atomic E-state index is 0.532. The van der Waals surface area contributed by atoms with Crippen LogP contribution in [0.5, 0.6) is 0 Å². The van der Waals surface area contributed by atoms with Gasteiger partial charge in [0.05, 0.1) is 11.0 Å². The van der Waals surface area contributed by atoms with E-state index in [-0.39, 0.29) is 0 Å². The Labute approximate surface area is 256 Å². The molecule has 1 aliphatic rings. The van der Waals surface area contributed by atoms with Gasteiger partial charge in [-0.1, -0.05) is 97.1 Å². The summed E-state index contributed by atoms with van der Waals surface area (Å²) in [6, 6.07) is 41.9. The molecule has 8 aromatic rings. The van der Waals surface area contributed by atoms with Gasteiger partial charge < -0.3 is 5.32 Å². The molecule has 7 heteroatoms. The summed E-state index contributed by atoms with van der Waals surface area (Å²) >= 11 is 1.83. The Balaban J connectivity index is 1.19. The smallest absolute Gasteiger partial charge is 0.208 e. The van der Waals surface area contributed by atoms with Crippen LogP contribution in [0.15, 0.2) is 133 Å². The molecular formula is C37H24N6S. The minimum absolute atomic E-state index is 0.532. The molecule has 0 bridgehead atoms. The highest BCUT2D eigenvalue weighted by atomic mass is 32.1. The summed E-state index contributed by atoms with van der Waals surface area (Å²) < 4.78 is 4.80. The molecule has 1 N–H and O–H groups in total. The van der Waals surface area contributed by atoms with Gasteiger partial charge in [0.25, 0.3) is 0 Å². The van der Waals surface area contributed by atoms with Crippen molar-refractivity contribution in [2.45, 2.75) is 0 Å². The van der Waals surface area contributed by atoms with E-state index in [1.165, 1.54) is 30.9 Å². The molecule has 0 fully saturated rings. The summed E-state index contributed by atoms with van der Waals surface area (Å²) in [6.45, 7) is 0.532. The number of hydrogen-bond acceptors (Lipinski definition) is 6. The first-order valence-electron chi connectivity index (χ1n) is 14.5. The van der Waals surface area contributed by atoms with Crippen LogP contribution in [0.4, 0.5) is 0 Å². The molecule has 0 saturated heterocycles. The molecule has 0 aliphatic carbocycles. The molecule has 0 spiro atoms. The van der Waals surface area contributed by atoms with Crippen LogP contribution in [-0.2, 0) is 0 Å². The highest BCUT2D eigenvalue weighted by Crippen LogP contribution is 2.39.